The molecular weight excluding hydrogens is 292 g/mol. The van der Waals surface area contributed by atoms with Crippen LogP contribution in [0.25, 0.3) is 0 Å². The smallest absolute Gasteiger partial charge is 0.175 e. The molecule has 1 aromatic carbocycles. The summed E-state index contributed by atoms with van der Waals surface area (Å²) in [6, 6.07) is 10.8. The fourth-order valence-electron chi connectivity index (χ4n) is 1.65. The van der Waals surface area contributed by atoms with Crippen LogP contribution in [0.15, 0.2) is 52.4 Å². The SMILES string of the molecule is CNc1ccnc(CSc2ccc(S(C)(=O)=O)cc2)c1. The lowest BCUT2D eigenvalue weighted by molar-refractivity contribution is 0.602. The Morgan fingerprint density at radius 3 is 2.50 bits per heavy atom. The van der Waals surface area contributed by atoms with Gasteiger partial charge in [-0.05, 0) is 36.4 Å². The highest BCUT2D eigenvalue weighted by molar-refractivity contribution is 7.98. The highest BCUT2D eigenvalue weighted by atomic mass is 32.2. The van der Waals surface area contributed by atoms with Gasteiger partial charge in [-0.15, -0.1) is 11.8 Å². The Morgan fingerprint density at radius 2 is 1.90 bits per heavy atom. The average Bonchev–Trinajstić information content (AvgIpc) is 2.45. The summed E-state index contributed by atoms with van der Waals surface area (Å²) in [7, 11) is -1.25. The van der Waals surface area contributed by atoms with Crippen LogP contribution < -0.4 is 5.32 Å². The molecule has 0 aliphatic carbocycles. The van der Waals surface area contributed by atoms with E-state index in [2.05, 4.69) is 10.3 Å². The van der Waals surface area contributed by atoms with E-state index in [1.54, 1.807) is 30.1 Å². The lowest BCUT2D eigenvalue weighted by Crippen LogP contribution is -1.96. The molecule has 1 N–H and O–H groups in total. The van der Waals surface area contributed by atoms with Crippen LogP contribution >= 0.6 is 11.8 Å². The molecule has 0 unspecified atom stereocenters. The van der Waals surface area contributed by atoms with Crippen LogP contribution in [-0.4, -0.2) is 26.7 Å². The maximum absolute atomic E-state index is 11.4. The van der Waals surface area contributed by atoms with Crippen molar-refractivity contribution in [3.8, 4) is 0 Å². The van der Waals surface area contributed by atoms with Gasteiger partial charge in [0.15, 0.2) is 9.84 Å². The predicted octanol–water partition coefficient (Wildman–Crippen LogP) is 2.82. The van der Waals surface area contributed by atoms with Gasteiger partial charge in [0.25, 0.3) is 0 Å². The maximum atomic E-state index is 11.4. The number of aromatic nitrogens is 1. The Labute approximate surface area is 123 Å². The number of hydrogen-bond acceptors (Lipinski definition) is 5. The van der Waals surface area contributed by atoms with Crippen LogP contribution in [0.1, 0.15) is 5.69 Å². The minimum Gasteiger partial charge on any atom is -0.388 e. The molecular formula is C14H16N2O2S2. The van der Waals surface area contributed by atoms with E-state index in [9.17, 15) is 8.42 Å². The molecule has 106 valence electrons. The summed E-state index contributed by atoms with van der Waals surface area (Å²) >= 11 is 1.63. The van der Waals surface area contributed by atoms with Crippen LogP contribution in [-0.2, 0) is 15.6 Å². The van der Waals surface area contributed by atoms with Gasteiger partial charge in [0, 0.05) is 35.8 Å². The summed E-state index contributed by atoms with van der Waals surface area (Å²) < 4.78 is 22.7. The Balaban J connectivity index is 2.04. The van der Waals surface area contributed by atoms with Crippen molar-refractivity contribution in [1.82, 2.24) is 4.98 Å². The van der Waals surface area contributed by atoms with E-state index in [1.807, 2.05) is 31.3 Å². The summed E-state index contributed by atoms with van der Waals surface area (Å²) in [5, 5.41) is 3.07. The number of benzene rings is 1. The first kappa shape index (κ1) is 14.9. The largest absolute Gasteiger partial charge is 0.388 e. The number of thioether (sulfide) groups is 1. The fraction of sp³-hybridized carbons (Fsp3) is 0.214. The minimum atomic E-state index is -3.13. The summed E-state index contributed by atoms with van der Waals surface area (Å²) in [6.07, 6.45) is 2.98. The zero-order valence-electron chi connectivity index (χ0n) is 11.3. The lowest BCUT2D eigenvalue weighted by Gasteiger charge is -2.05. The van der Waals surface area contributed by atoms with Crippen molar-refractivity contribution in [1.29, 1.82) is 0 Å². The molecule has 4 nitrogen and oxygen atoms in total. The van der Waals surface area contributed by atoms with Crippen molar-refractivity contribution < 1.29 is 8.42 Å². The fourth-order valence-corrected chi connectivity index (χ4v) is 3.08. The van der Waals surface area contributed by atoms with Gasteiger partial charge in [-0.3, -0.25) is 4.98 Å². The zero-order valence-corrected chi connectivity index (χ0v) is 13.0. The molecule has 2 aromatic rings. The third-order valence-corrected chi connectivity index (χ3v) is 4.92. The highest BCUT2D eigenvalue weighted by Gasteiger charge is 2.06. The molecule has 0 aliphatic heterocycles. The standard InChI is InChI=1S/C14H16N2O2S2/c1-15-11-7-8-16-12(9-11)10-19-13-3-5-14(6-4-13)20(2,17)18/h3-9H,10H2,1-2H3,(H,15,16). The Kier molecular flexibility index (Phi) is 4.67. The molecule has 2 rings (SSSR count). The van der Waals surface area contributed by atoms with Crippen LogP contribution in [0.3, 0.4) is 0 Å². The Hall–Kier alpha value is -1.53. The van der Waals surface area contributed by atoms with Gasteiger partial charge in [-0.25, -0.2) is 8.42 Å². The van der Waals surface area contributed by atoms with E-state index in [0.29, 0.717) is 4.90 Å². The summed E-state index contributed by atoms with van der Waals surface area (Å²) in [5.74, 6) is 0.744. The van der Waals surface area contributed by atoms with Gasteiger partial charge >= 0.3 is 0 Å². The van der Waals surface area contributed by atoms with Crippen molar-refractivity contribution in [3.05, 3.63) is 48.3 Å². The highest BCUT2D eigenvalue weighted by Crippen LogP contribution is 2.24. The molecule has 0 bridgehead atoms. The lowest BCUT2D eigenvalue weighted by atomic mass is 10.3. The first-order valence-electron chi connectivity index (χ1n) is 6.04. The van der Waals surface area contributed by atoms with E-state index in [0.717, 1.165) is 22.0 Å². The molecule has 20 heavy (non-hydrogen) atoms. The third kappa shape index (κ3) is 3.98. The second kappa shape index (κ2) is 6.28. The van der Waals surface area contributed by atoms with Gasteiger partial charge in [-0.1, -0.05) is 0 Å². The first-order chi connectivity index (χ1) is 9.49. The van der Waals surface area contributed by atoms with Gasteiger partial charge in [-0.2, -0.15) is 0 Å². The number of hydrogen-bond donors (Lipinski definition) is 1. The van der Waals surface area contributed by atoms with Gasteiger partial charge in [0.1, 0.15) is 0 Å². The number of nitrogens with zero attached hydrogens (tertiary/aromatic N) is 1. The van der Waals surface area contributed by atoms with Crippen LogP contribution in [0.2, 0.25) is 0 Å². The normalized spacial score (nSPS) is 11.3. The van der Waals surface area contributed by atoms with Crippen LogP contribution in [0, 0.1) is 0 Å². The molecule has 0 fully saturated rings. The van der Waals surface area contributed by atoms with Gasteiger partial charge in [0.2, 0.25) is 0 Å². The van der Waals surface area contributed by atoms with Crippen LogP contribution in [0.4, 0.5) is 5.69 Å². The number of anilines is 1. The summed E-state index contributed by atoms with van der Waals surface area (Å²) in [4.78, 5) is 5.67. The molecule has 0 radical (unpaired) electrons. The third-order valence-electron chi connectivity index (χ3n) is 2.74. The quantitative estimate of drug-likeness (QED) is 0.861. The maximum Gasteiger partial charge on any atom is 0.175 e. The van der Waals surface area contributed by atoms with Crippen molar-refractivity contribution in [2.24, 2.45) is 0 Å². The number of sulfone groups is 1. The van der Waals surface area contributed by atoms with E-state index in [-0.39, 0.29) is 0 Å². The van der Waals surface area contributed by atoms with Crippen molar-refractivity contribution in [2.75, 3.05) is 18.6 Å². The van der Waals surface area contributed by atoms with Crippen molar-refractivity contribution in [3.63, 3.8) is 0 Å². The average molecular weight is 308 g/mol. The monoisotopic (exact) mass is 308 g/mol. The van der Waals surface area contributed by atoms with Gasteiger partial charge < -0.3 is 5.32 Å². The second-order valence-corrected chi connectivity index (χ2v) is 7.38. The summed E-state index contributed by atoms with van der Waals surface area (Å²) in [6.45, 7) is 0. The molecule has 0 saturated carbocycles. The Morgan fingerprint density at radius 1 is 1.20 bits per heavy atom. The number of nitrogens with one attached hydrogen (secondary N) is 1. The topological polar surface area (TPSA) is 59.1 Å². The predicted molar refractivity (Wildman–Crippen MR) is 82.9 cm³/mol. The van der Waals surface area contributed by atoms with Crippen molar-refractivity contribution in [2.45, 2.75) is 15.5 Å². The molecule has 0 saturated heterocycles. The van der Waals surface area contributed by atoms with E-state index in [4.69, 9.17) is 0 Å². The molecule has 1 aromatic heterocycles. The zero-order chi connectivity index (χ0) is 14.6. The first-order valence-corrected chi connectivity index (χ1v) is 8.92. The molecule has 0 spiro atoms. The molecule has 1 heterocycles. The van der Waals surface area contributed by atoms with Crippen LogP contribution in [0.5, 0.6) is 0 Å². The number of pyridine rings is 1. The van der Waals surface area contributed by atoms with E-state index in [1.165, 1.54) is 6.26 Å². The minimum absolute atomic E-state index is 0.345. The molecule has 0 atom stereocenters. The summed E-state index contributed by atoms with van der Waals surface area (Å²) in [5.41, 5.74) is 2.01. The molecule has 0 amide bonds. The van der Waals surface area contributed by atoms with Crippen molar-refractivity contribution >= 4 is 27.3 Å². The van der Waals surface area contributed by atoms with E-state index >= 15 is 0 Å². The van der Waals surface area contributed by atoms with Gasteiger partial charge in [0.05, 0.1) is 10.6 Å². The Bertz CT molecular complexity index is 683. The number of rotatable bonds is 5. The molecule has 0 aliphatic rings. The second-order valence-electron chi connectivity index (χ2n) is 4.32. The van der Waals surface area contributed by atoms with E-state index < -0.39 is 9.84 Å². The molecule has 6 heteroatoms.